The summed E-state index contributed by atoms with van der Waals surface area (Å²) in [5.74, 6) is 0.881. The topological polar surface area (TPSA) is 77.2 Å². The minimum absolute atomic E-state index is 0.0507. The molecule has 0 saturated carbocycles. The molecule has 33 heavy (non-hydrogen) atoms. The summed E-state index contributed by atoms with van der Waals surface area (Å²) in [6.07, 6.45) is 4.15. The number of aromatic nitrogens is 1. The first-order valence-electron chi connectivity index (χ1n) is 10.8. The Morgan fingerprint density at radius 1 is 1.03 bits per heavy atom. The maximum atomic E-state index is 13.4. The van der Waals surface area contributed by atoms with E-state index < -0.39 is 0 Å². The number of aryl methyl sites for hydroxylation is 1. The Labute approximate surface area is 194 Å². The molecule has 0 saturated heterocycles. The van der Waals surface area contributed by atoms with Crippen molar-refractivity contribution >= 4 is 11.8 Å². The lowest BCUT2D eigenvalue weighted by atomic mass is 10.1. The molecule has 2 amide bonds. The summed E-state index contributed by atoms with van der Waals surface area (Å²) in [5.41, 5.74) is 1.46. The van der Waals surface area contributed by atoms with Gasteiger partial charge in [-0.2, -0.15) is 0 Å². The van der Waals surface area contributed by atoms with Gasteiger partial charge in [0.2, 0.25) is 5.91 Å². The van der Waals surface area contributed by atoms with Gasteiger partial charge >= 0.3 is 0 Å². The zero-order chi connectivity index (χ0) is 23.6. The van der Waals surface area contributed by atoms with Gasteiger partial charge in [-0.1, -0.05) is 6.07 Å². The van der Waals surface area contributed by atoms with Crippen LogP contribution in [0.4, 0.5) is 0 Å². The minimum Gasteiger partial charge on any atom is -0.497 e. The van der Waals surface area contributed by atoms with Crippen LogP contribution in [0.5, 0.6) is 5.75 Å². The number of benzene rings is 1. The van der Waals surface area contributed by atoms with E-state index in [0.29, 0.717) is 49.7 Å². The van der Waals surface area contributed by atoms with Crippen molar-refractivity contribution < 1.29 is 23.5 Å². The molecule has 0 N–H and O–H groups in total. The third-order valence-corrected chi connectivity index (χ3v) is 5.39. The highest BCUT2D eigenvalue weighted by atomic mass is 16.5. The van der Waals surface area contributed by atoms with E-state index in [4.69, 9.17) is 13.9 Å². The van der Waals surface area contributed by atoms with Crippen LogP contribution in [0.1, 0.15) is 28.2 Å². The number of nitrogens with zero attached hydrogens (tertiary/aromatic N) is 3. The Hall–Kier alpha value is -3.52. The SMILES string of the molecule is COCCCN(CC(=O)N(Cc1ccco1)Cc1cccn1C)C(=O)c1cccc(OC)c1. The number of ether oxygens (including phenoxy) is 2. The van der Waals surface area contributed by atoms with Crippen LogP contribution in [0.25, 0.3) is 0 Å². The van der Waals surface area contributed by atoms with E-state index in [2.05, 4.69) is 0 Å². The second-order valence-electron chi connectivity index (χ2n) is 7.74. The fraction of sp³-hybridized carbons (Fsp3) is 0.360. The van der Waals surface area contributed by atoms with Crippen LogP contribution in [0, 0.1) is 0 Å². The van der Waals surface area contributed by atoms with Gasteiger partial charge in [0.05, 0.1) is 26.5 Å². The Morgan fingerprint density at radius 2 is 1.88 bits per heavy atom. The molecule has 0 fully saturated rings. The van der Waals surface area contributed by atoms with Gasteiger partial charge in [-0.3, -0.25) is 9.59 Å². The van der Waals surface area contributed by atoms with Crippen LogP contribution in [0.3, 0.4) is 0 Å². The van der Waals surface area contributed by atoms with Crippen LogP contribution in [0.2, 0.25) is 0 Å². The molecule has 0 aliphatic carbocycles. The average Bonchev–Trinajstić information content (AvgIpc) is 3.49. The molecule has 0 aliphatic heterocycles. The van der Waals surface area contributed by atoms with Crippen molar-refractivity contribution in [2.75, 3.05) is 33.9 Å². The summed E-state index contributed by atoms with van der Waals surface area (Å²) in [7, 11) is 5.11. The molecule has 0 atom stereocenters. The molecule has 0 radical (unpaired) electrons. The van der Waals surface area contributed by atoms with Crippen LogP contribution in [0.15, 0.2) is 65.4 Å². The molecule has 3 rings (SSSR count). The summed E-state index contributed by atoms with van der Waals surface area (Å²) in [5, 5.41) is 0. The number of carbonyl (C=O) groups is 2. The summed E-state index contributed by atoms with van der Waals surface area (Å²) in [4.78, 5) is 30.0. The summed E-state index contributed by atoms with van der Waals surface area (Å²) < 4.78 is 17.9. The van der Waals surface area contributed by atoms with E-state index >= 15 is 0 Å². The molecule has 2 aromatic heterocycles. The first kappa shape index (κ1) is 24.1. The highest BCUT2D eigenvalue weighted by Crippen LogP contribution is 2.16. The molecule has 0 bridgehead atoms. The van der Waals surface area contributed by atoms with Crippen molar-refractivity contribution in [3.8, 4) is 5.75 Å². The van der Waals surface area contributed by atoms with E-state index in [0.717, 1.165) is 5.69 Å². The van der Waals surface area contributed by atoms with E-state index in [9.17, 15) is 9.59 Å². The molecule has 8 nitrogen and oxygen atoms in total. The number of methoxy groups -OCH3 is 2. The maximum Gasteiger partial charge on any atom is 0.254 e. The number of amides is 2. The molecular formula is C25H31N3O5. The number of rotatable bonds is 12. The number of carbonyl (C=O) groups excluding carboxylic acids is 2. The maximum absolute atomic E-state index is 13.4. The summed E-state index contributed by atoms with van der Waals surface area (Å²) in [6, 6.07) is 14.5. The van der Waals surface area contributed by atoms with Crippen LogP contribution < -0.4 is 4.74 Å². The van der Waals surface area contributed by atoms with Crippen molar-refractivity contribution in [2.24, 2.45) is 7.05 Å². The Kier molecular flexibility index (Phi) is 8.71. The van der Waals surface area contributed by atoms with Crippen LogP contribution >= 0.6 is 0 Å². The van der Waals surface area contributed by atoms with E-state index in [1.165, 1.54) is 0 Å². The third-order valence-electron chi connectivity index (χ3n) is 5.39. The number of hydrogen-bond donors (Lipinski definition) is 0. The Morgan fingerprint density at radius 3 is 2.55 bits per heavy atom. The fourth-order valence-corrected chi connectivity index (χ4v) is 3.53. The highest BCUT2D eigenvalue weighted by Gasteiger charge is 2.24. The highest BCUT2D eigenvalue weighted by molar-refractivity contribution is 5.96. The lowest BCUT2D eigenvalue weighted by Crippen LogP contribution is -2.43. The fourth-order valence-electron chi connectivity index (χ4n) is 3.53. The monoisotopic (exact) mass is 453 g/mol. The largest absolute Gasteiger partial charge is 0.497 e. The van der Waals surface area contributed by atoms with Gasteiger partial charge in [-0.05, 0) is 48.9 Å². The van der Waals surface area contributed by atoms with Gasteiger partial charge in [0.25, 0.3) is 5.91 Å². The molecule has 2 heterocycles. The van der Waals surface area contributed by atoms with Gasteiger partial charge < -0.3 is 28.3 Å². The number of furan rings is 1. The molecule has 0 unspecified atom stereocenters. The van der Waals surface area contributed by atoms with Crippen molar-refractivity contribution in [2.45, 2.75) is 19.5 Å². The smallest absolute Gasteiger partial charge is 0.254 e. The zero-order valence-corrected chi connectivity index (χ0v) is 19.4. The minimum atomic E-state index is -0.227. The first-order valence-corrected chi connectivity index (χ1v) is 10.8. The summed E-state index contributed by atoms with van der Waals surface area (Å²) >= 11 is 0. The summed E-state index contributed by atoms with van der Waals surface area (Å²) in [6.45, 7) is 1.56. The molecule has 0 spiro atoms. The Balaban J connectivity index is 1.80. The second-order valence-corrected chi connectivity index (χ2v) is 7.74. The van der Waals surface area contributed by atoms with Gasteiger partial charge in [0.15, 0.2) is 0 Å². The average molecular weight is 454 g/mol. The molecule has 1 aromatic carbocycles. The van der Waals surface area contributed by atoms with E-state index in [1.54, 1.807) is 60.6 Å². The predicted molar refractivity (Wildman–Crippen MR) is 124 cm³/mol. The third kappa shape index (κ3) is 6.73. The number of hydrogen-bond acceptors (Lipinski definition) is 5. The van der Waals surface area contributed by atoms with Gasteiger partial charge in [-0.15, -0.1) is 0 Å². The molecule has 3 aromatic rings. The molecular weight excluding hydrogens is 422 g/mol. The second kappa shape index (κ2) is 11.9. The lowest BCUT2D eigenvalue weighted by molar-refractivity contribution is -0.133. The van der Waals surface area contributed by atoms with Crippen molar-refractivity contribution in [1.29, 1.82) is 0 Å². The van der Waals surface area contributed by atoms with E-state index in [1.807, 2.05) is 36.0 Å². The van der Waals surface area contributed by atoms with Gasteiger partial charge in [0, 0.05) is 44.8 Å². The van der Waals surface area contributed by atoms with E-state index in [-0.39, 0.29) is 18.4 Å². The molecule has 8 heteroatoms. The normalized spacial score (nSPS) is 10.8. The van der Waals surface area contributed by atoms with Crippen molar-refractivity contribution in [1.82, 2.24) is 14.4 Å². The van der Waals surface area contributed by atoms with Crippen LogP contribution in [-0.2, 0) is 29.7 Å². The zero-order valence-electron chi connectivity index (χ0n) is 19.4. The van der Waals surface area contributed by atoms with Crippen molar-refractivity contribution in [3.05, 3.63) is 78.0 Å². The standard InChI is InChI=1S/C25H31N3O5/c1-26-12-5-9-21(26)17-28(18-23-11-6-15-33-23)24(29)19-27(13-7-14-31-2)25(30)20-8-4-10-22(16-20)32-3/h4-6,8-12,15-16H,7,13-14,17-19H2,1-3H3. The lowest BCUT2D eigenvalue weighted by Gasteiger charge is -2.27. The van der Waals surface area contributed by atoms with Crippen molar-refractivity contribution in [3.63, 3.8) is 0 Å². The quantitative estimate of drug-likeness (QED) is 0.393. The van der Waals surface area contributed by atoms with Gasteiger partial charge in [-0.25, -0.2) is 0 Å². The molecule has 0 aliphatic rings. The predicted octanol–water partition coefficient (Wildman–Crippen LogP) is 3.33. The first-order chi connectivity index (χ1) is 16.0. The molecule has 176 valence electrons. The van der Waals surface area contributed by atoms with Gasteiger partial charge in [0.1, 0.15) is 18.1 Å². The Bertz CT molecular complexity index is 1030. The van der Waals surface area contributed by atoms with Crippen LogP contribution in [-0.4, -0.2) is 60.1 Å².